The highest BCUT2D eigenvalue weighted by Gasteiger charge is 2.21. The summed E-state index contributed by atoms with van der Waals surface area (Å²) >= 11 is 6.16. The molecule has 0 radical (unpaired) electrons. The second-order valence-corrected chi connectivity index (χ2v) is 5.11. The SMILES string of the molecule is CN(C)c1ccc(NC(=O)[C@H]2CCCN2)cc1Cl. The molecule has 2 N–H and O–H groups in total. The van der Waals surface area contributed by atoms with E-state index >= 15 is 0 Å². The van der Waals surface area contributed by atoms with Crippen LogP contribution < -0.4 is 15.5 Å². The second kappa shape index (κ2) is 5.59. The van der Waals surface area contributed by atoms with Crippen LogP contribution in [-0.4, -0.2) is 32.6 Å². The van der Waals surface area contributed by atoms with Crippen molar-refractivity contribution in [2.45, 2.75) is 18.9 Å². The molecule has 1 aromatic carbocycles. The fourth-order valence-corrected chi connectivity index (χ4v) is 2.43. The molecule has 4 nitrogen and oxygen atoms in total. The van der Waals surface area contributed by atoms with Crippen LogP contribution in [0.25, 0.3) is 0 Å². The third-order valence-corrected chi connectivity index (χ3v) is 3.38. The predicted octanol–water partition coefficient (Wildman–Crippen LogP) is 2.10. The van der Waals surface area contributed by atoms with E-state index < -0.39 is 0 Å². The number of nitrogens with one attached hydrogen (secondary N) is 2. The maximum Gasteiger partial charge on any atom is 0.241 e. The van der Waals surface area contributed by atoms with Crippen molar-refractivity contribution in [3.05, 3.63) is 23.2 Å². The fraction of sp³-hybridized carbons (Fsp3) is 0.462. The van der Waals surface area contributed by atoms with Crippen LogP contribution in [0.4, 0.5) is 11.4 Å². The second-order valence-electron chi connectivity index (χ2n) is 4.70. The van der Waals surface area contributed by atoms with E-state index in [9.17, 15) is 4.79 Å². The number of carbonyl (C=O) groups is 1. The lowest BCUT2D eigenvalue weighted by Gasteiger charge is -2.16. The lowest BCUT2D eigenvalue weighted by Crippen LogP contribution is -2.35. The molecule has 0 saturated carbocycles. The van der Waals surface area contributed by atoms with Gasteiger partial charge in [0.2, 0.25) is 5.91 Å². The first-order chi connectivity index (χ1) is 8.58. The third kappa shape index (κ3) is 2.94. The van der Waals surface area contributed by atoms with Crippen LogP contribution in [0.3, 0.4) is 0 Å². The van der Waals surface area contributed by atoms with Gasteiger partial charge in [-0.05, 0) is 37.6 Å². The maximum absolute atomic E-state index is 11.9. The Kier molecular flexibility index (Phi) is 4.09. The van der Waals surface area contributed by atoms with Gasteiger partial charge in [0.25, 0.3) is 0 Å². The van der Waals surface area contributed by atoms with Crippen molar-refractivity contribution in [1.29, 1.82) is 0 Å². The highest BCUT2D eigenvalue weighted by Crippen LogP contribution is 2.27. The van der Waals surface area contributed by atoms with E-state index in [1.807, 2.05) is 31.1 Å². The number of rotatable bonds is 3. The Labute approximate surface area is 112 Å². The first kappa shape index (κ1) is 13.2. The third-order valence-electron chi connectivity index (χ3n) is 3.07. The quantitative estimate of drug-likeness (QED) is 0.882. The van der Waals surface area contributed by atoms with Gasteiger partial charge in [-0.25, -0.2) is 0 Å². The van der Waals surface area contributed by atoms with E-state index in [2.05, 4.69) is 10.6 Å². The van der Waals surface area contributed by atoms with E-state index in [1.54, 1.807) is 6.07 Å². The molecule has 1 aromatic rings. The summed E-state index contributed by atoms with van der Waals surface area (Å²) in [5.74, 6) is 0.0150. The lowest BCUT2D eigenvalue weighted by atomic mass is 10.2. The first-order valence-electron chi connectivity index (χ1n) is 6.09. The van der Waals surface area contributed by atoms with Gasteiger partial charge in [-0.1, -0.05) is 11.6 Å². The van der Waals surface area contributed by atoms with Crippen LogP contribution in [0.15, 0.2) is 18.2 Å². The number of anilines is 2. The van der Waals surface area contributed by atoms with Gasteiger partial charge in [-0.2, -0.15) is 0 Å². The predicted molar refractivity (Wildman–Crippen MR) is 75.4 cm³/mol. The Balaban J connectivity index is 2.05. The Morgan fingerprint density at radius 1 is 1.50 bits per heavy atom. The summed E-state index contributed by atoms with van der Waals surface area (Å²) in [6.07, 6.45) is 1.95. The van der Waals surface area contributed by atoms with Crippen LogP contribution in [0.5, 0.6) is 0 Å². The smallest absolute Gasteiger partial charge is 0.241 e. The molecule has 0 aromatic heterocycles. The Hall–Kier alpha value is -1.26. The summed E-state index contributed by atoms with van der Waals surface area (Å²) in [6, 6.07) is 5.48. The summed E-state index contributed by atoms with van der Waals surface area (Å²) < 4.78 is 0. The van der Waals surface area contributed by atoms with Crippen molar-refractivity contribution in [3.63, 3.8) is 0 Å². The highest BCUT2D eigenvalue weighted by atomic mass is 35.5. The van der Waals surface area contributed by atoms with Crippen molar-refractivity contribution >= 4 is 28.9 Å². The number of carbonyl (C=O) groups excluding carboxylic acids is 1. The first-order valence-corrected chi connectivity index (χ1v) is 6.47. The molecule has 0 spiro atoms. The molecule has 1 heterocycles. The van der Waals surface area contributed by atoms with Crippen molar-refractivity contribution in [3.8, 4) is 0 Å². The van der Waals surface area contributed by atoms with E-state index in [0.717, 1.165) is 30.8 Å². The van der Waals surface area contributed by atoms with Crippen molar-refractivity contribution in [1.82, 2.24) is 5.32 Å². The van der Waals surface area contributed by atoms with Crippen LogP contribution in [-0.2, 0) is 4.79 Å². The minimum absolute atomic E-state index is 0.0150. The standard InChI is InChI=1S/C13H18ClN3O/c1-17(2)12-6-5-9(8-10(12)14)16-13(18)11-4-3-7-15-11/h5-6,8,11,15H,3-4,7H2,1-2H3,(H,16,18)/t11-/m1/s1. The van der Waals surface area contributed by atoms with Gasteiger partial charge < -0.3 is 15.5 Å². The maximum atomic E-state index is 11.9. The molecule has 0 bridgehead atoms. The molecular weight excluding hydrogens is 250 g/mol. The molecule has 1 fully saturated rings. The molecule has 2 rings (SSSR count). The average molecular weight is 268 g/mol. The van der Waals surface area contributed by atoms with Gasteiger partial charge in [-0.15, -0.1) is 0 Å². The summed E-state index contributed by atoms with van der Waals surface area (Å²) in [6.45, 7) is 0.915. The summed E-state index contributed by atoms with van der Waals surface area (Å²) in [5, 5.41) is 6.69. The number of nitrogens with zero attached hydrogens (tertiary/aromatic N) is 1. The van der Waals surface area contributed by atoms with Crippen molar-refractivity contribution in [2.75, 3.05) is 30.9 Å². The average Bonchev–Trinajstić information content (AvgIpc) is 2.81. The molecule has 5 heteroatoms. The van der Waals surface area contributed by atoms with Crippen molar-refractivity contribution in [2.24, 2.45) is 0 Å². The number of hydrogen-bond acceptors (Lipinski definition) is 3. The number of amides is 1. The zero-order valence-electron chi connectivity index (χ0n) is 10.7. The molecule has 0 aliphatic carbocycles. The monoisotopic (exact) mass is 267 g/mol. The van der Waals surface area contributed by atoms with Gasteiger partial charge in [0, 0.05) is 19.8 Å². The molecular formula is C13H18ClN3O. The van der Waals surface area contributed by atoms with Crippen molar-refractivity contribution < 1.29 is 4.79 Å². The van der Waals surface area contributed by atoms with Crippen LogP contribution in [0.2, 0.25) is 5.02 Å². The van der Waals surface area contributed by atoms with Gasteiger partial charge in [0.05, 0.1) is 16.8 Å². The zero-order valence-corrected chi connectivity index (χ0v) is 11.4. The molecule has 1 saturated heterocycles. The van der Waals surface area contributed by atoms with E-state index in [1.165, 1.54) is 0 Å². The van der Waals surface area contributed by atoms with Crippen LogP contribution in [0.1, 0.15) is 12.8 Å². The molecule has 18 heavy (non-hydrogen) atoms. The van der Waals surface area contributed by atoms with E-state index in [4.69, 9.17) is 11.6 Å². The molecule has 1 atom stereocenters. The van der Waals surface area contributed by atoms with Crippen LogP contribution in [0, 0.1) is 0 Å². The Morgan fingerprint density at radius 3 is 2.83 bits per heavy atom. The van der Waals surface area contributed by atoms with Gasteiger partial charge in [-0.3, -0.25) is 4.79 Å². The highest BCUT2D eigenvalue weighted by molar-refractivity contribution is 6.33. The summed E-state index contributed by atoms with van der Waals surface area (Å²) in [4.78, 5) is 13.9. The molecule has 1 amide bonds. The van der Waals surface area contributed by atoms with Gasteiger partial charge in [0.1, 0.15) is 0 Å². The number of halogens is 1. The van der Waals surface area contributed by atoms with E-state index in [-0.39, 0.29) is 11.9 Å². The minimum atomic E-state index is -0.0719. The molecule has 1 aliphatic heterocycles. The molecule has 1 aliphatic rings. The largest absolute Gasteiger partial charge is 0.376 e. The Bertz CT molecular complexity index is 442. The summed E-state index contributed by atoms with van der Waals surface area (Å²) in [5.41, 5.74) is 1.68. The fourth-order valence-electron chi connectivity index (χ4n) is 2.09. The summed E-state index contributed by atoms with van der Waals surface area (Å²) in [7, 11) is 3.86. The topological polar surface area (TPSA) is 44.4 Å². The Morgan fingerprint density at radius 2 is 2.28 bits per heavy atom. The van der Waals surface area contributed by atoms with Gasteiger partial charge >= 0.3 is 0 Å². The number of benzene rings is 1. The van der Waals surface area contributed by atoms with Crippen LogP contribution >= 0.6 is 11.6 Å². The number of hydrogen-bond donors (Lipinski definition) is 2. The molecule has 0 unspecified atom stereocenters. The lowest BCUT2D eigenvalue weighted by molar-refractivity contribution is -0.117. The molecule has 98 valence electrons. The minimum Gasteiger partial charge on any atom is -0.376 e. The zero-order chi connectivity index (χ0) is 13.1. The normalized spacial score (nSPS) is 18.7. The van der Waals surface area contributed by atoms with E-state index in [0.29, 0.717) is 5.02 Å². The van der Waals surface area contributed by atoms with Gasteiger partial charge in [0.15, 0.2) is 0 Å².